The van der Waals surface area contributed by atoms with Gasteiger partial charge < -0.3 is 0 Å². The number of hydrogen-bond donors (Lipinski definition) is 2. The smallest absolute Gasteiger partial charge is 0.281 e. The summed E-state index contributed by atoms with van der Waals surface area (Å²) in [4.78, 5) is 0. The summed E-state index contributed by atoms with van der Waals surface area (Å²) in [5.74, 6) is 0. The van der Waals surface area contributed by atoms with Gasteiger partial charge in [0.05, 0.1) is 0 Å². The second kappa shape index (κ2) is 17.5. The molecule has 0 radical (unpaired) electrons. The lowest BCUT2D eigenvalue weighted by atomic mass is 9.95. The minimum Gasteiger partial charge on any atom is -0.294 e. The van der Waals surface area contributed by atoms with E-state index in [4.69, 9.17) is 0 Å². The van der Waals surface area contributed by atoms with Gasteiger partial charge in [-0.1, -0.05) is 117 Å². The second-order valence-electron chi connectivity index (χ2n) is 9.52. The highest BCUT2D eigenvalue weighted by molar-refractivity contribution is 7.86. The third kappa shape index (κ3) is 18.4. The summed E-state index contributed by atoms with van der Waals surface area (Å²) in [7, 11) is -4.03. The average molecular weight is 434 g/mol. The minimum atomic E-state index is -4.03. The Morgan fingerprint density at radius 3 is 1.41 bits per heavy atom. The molecule has 1 unspecified atom stereocenters. The van der Waals surface area contributed by atoms with Crippen molar-refractivity contribution in [2.24, 2.45) is 0 Å². The molecule has 0 saturated heterocycles. The Bertz CT molecular complexity index is 463. The van der Waals surface area contributed by atoms with E-state index in [0.29, 0.717) is 6.42 Å². The van der Waals surface area contributed by atoms with Crippen LogP contribution in [0.2, 0.25) is 0 Å². The van der Waals surface area contributed by atoms with E-state index < -0.39 is 15.5 Å². The molecular weight excluding hydrogens is 382 g/mol. The SMILES string of the molecule is CCCCCCCCCCCCCCCCCC(C)(C)NC(CCC)S(=O)(=O)O. The van der Waals surface area contributed by atoms with Gasteiger partial charge in [0.1, 0.15) is 5.37 Å². The number of hydrogen-bond acceptors (Lipinski definition) is 3. The molecule has 4 nitrogen and oxygen atoms in total. The zero-order chi connectivity index (χ0) is 22.0. The van der Waals surface area contributed by atoms with Crippen molar-refractivity contribution in [3.05, 3.63) is 0 Å². The van der Waals surface area contributed by atoms with Crippen LogP contribution in [0.3, 0.4) is 0 Å². The highest BCUT2D eigenvalue weighted by atomic mass is 32.2. The molecule has 0 fully saturated rings. The summed E-state index contributed by atoms with van der Waals surface area (Å²) in [6.45, 7) is 8.27. The number of nitrogens with one attached hydrogen (secondary N) is 1. The molecule has 0 bridgehead atoms. The van der Waals surface area contributed by atoms with E-state index in [1.807, 2.05) is 20.8 Å². The molecule has 1 atom stereocenters. The van der Waals surface area contributed by atoms with Crippen molar-refractivity contribution >= 4 is 10.1 Å². The Morgan fingerprint density at radius 2 is 1.07 bits per heavy atom. The first-order chi connectivity index (χ1) is 13.7. The van der Waals surface area contributed by atoms with E-state index in [9.17, 15) is 13.0 Å². The maximum Gasteiger partial charge on any atom is 0.281 e. The molecule has 0 amide bonds. The first-order valence-electron chi connectivity index (χ1n) is 12.5. The van der Waals surface area contributed by atoms with E-state index in [1.165, 1.54) is 89.9 Å². The van der Waals surface area contributed by atoms with Crippen LogP contribution in [0.5, 0.6) is 0 Å². The average Bonchev–Trinajstić information content (AvgIpc) is 2.63. The summed E-state index contributed by atoms with van der Waals surface area (Å²) < 4.78 is 32.4. The van der Waals surface area contributed by atoms with Crippen LogP contribution in [-0.2, 0) is 10.1 Å². The van der Waals surface area contributed by atoms with Gasteiger partial charge in [-0.25, -0.2) is 0 Å². The monoisotopic (exact) mass is 433 g/mol. The normalized spacial score (nSPS) is 13.7. The van der Waals surface area contributed by atoms with Gasteiger partial charge in [0.25, 0.3) is 10.1 Å². The van der Waals surface area contributed by atoms with Crippen LogP contribution in [0.15, 0.2) is 0 Å². The molecular formula is C24H51NO3S. The van der Waals surface area contributed by atoms with Crippen LogP contribution in [0.4, 0.5) is 0 Å². The Labute approximate surface area is 182 Å². The largest absolute Gasteiger partial charge is 0.294 e. The van der Waals surface area contributed by atoms with Crippen LogP contribution in [-0.4, -0.2) is 23.9 Å². The van der Waals surface area contributed by atoms with Crippen molar-refractivity contribution in [3.63, 3.8) is 0 Å². The van der Waals surface area contributed by atoms with Crippen LogP contribution >= 0.6 is 0 Å². The zero-order valence-electron chi connectivity index (χ0n) is 20.0. The predicted molar refractivity (Wildman–Crippen MR) is 127 cm³/mol. The fraction of sp³-hybridized carbons (Fsp3) is 1.00. The van der Waals surface area contributed by atoms with Gasteiger partial charge in [-0.3, -0.25) is 9.87 Å². The summed E-state index contributed by atoms with van der Waals surface area (Å²) in [6.07, 6.45) is 22.3. The summed E-state index contributed by atoms with van der Waals surface area (Å²) in [6, 6.07) is 0. The van der Waals surface area contributed by atoms with E-state index in [2.05, 4.69) is 12.2 Å². The Morgan fingerprint density at radius 1 is 0.690 bits per heavy atom. The third-order valence-corrected chi connectivity index (χ3v) is 6.94. The standard InChI is InChI=1S/C24H51NO3S/c1-5-7-8-9-10-11-12-13-14-15-16-17-18-19-20-22-24(3,4)25-23(21-6-2)29(26,27)28/h23,25H,5-22H2,1-4H3,(H,26,27,28). The van der Waals surface area contributed by atoms with Gasteiger partial charge in [0, 0.05) is 5.54 Å². The molecule has 0 saturated carbocycles. The van der Waals surface area contributed by atoms with Crippen LogP contribution in [0.1, 0.15) is 143 Å². The van der Waals surface area contributed by atoms with Crippen molar-refractivity contribution in [3.8, 4) is 0 Å². The maximum absolute atomic E-state index is 11.5. The summed E-state index contributed by atoms with van der Waals surface area (Å²) >= 11 is 0. The lowest BCUT2D eigenvalue weighted by Crippen LogP contribution is -2.49. The van der Waals surface area contributed by atoms with Gasteiger partial charge in [-0.05, 0) is 26.7 Å². The van der Waals surface area contributed by atoms with Gasteiger partial charge >= 0.3 is 0 Å². The number of rotatable bonds is 21. The predicted octanol–water partition coefficient (Wildman–Crippen LogP) is 7.63. The van der Waals surface area contributed by atoms with Crippen LogP contribution in [0, 0.1) is 0 Å². The molecule has 0 aliphatic heterocycles. The first kappa shape index (κ1) is 28.9. The molecule has 176 valence electrons. The molecule has 0 aromatic heterocycles. The van der Waals surface area contributed by atoms with Crippen LogP contribution in [0.25, 0.3) is 0 Å². The molecule has 0 aliphatic carbocycles. The fourth-order valence-electron chi connectivity index (χ4n) is 4.00. The second-order valence-corrected chi connectivity index (χ2v) is 11.1. The molecule has 29 heavy (non-hydrogen) atoms. The van der Waals surface area contributed by atoms with E-state index >= 15 is 0 Å². The Kier molecular flexibility index (Phi) is 17.5. The third-order valence-electron chi connectivity index (χ3n) is 5.87. The first-order valence-corrected chi connectivity index (χ1v) is 14.0. The molecule has 5 heteroatoms. The molecule has 0 aromatic rings. The van der Waals surface area contributed by atoms with Crippen LogP contribution < -0.4 is 5.32 Å². The Balaban J connectivity index is 3.59. The quantitative estimate of drug-likeness (QED) is 0.144. The lowest BCUT2D eigenvalue weighted by Gasteiger charge is -2.30. The summed E-state index contributed by atoms with van der Waals surface area (Å²) in [5, 5.41) is 2.30. The maximum atomic E-state index is 11.5. The zero-order valence-corrected chi connectivity index (χ0v) is 20.8. The van der Waals surface area contributed by atoms with Crippen molar-refractivity contribution in [1.82, 2.24) is 5.32 Å². The van der Waals surface area contributed by atoms with Gasteiger partial charge in [0.15, 0.2) is 0 Å². The van der Waals surface area contributed by atoms with Crippen molar-refractivity contribution in [2.75, 3.05) is 0 Å². The molecule has 0 heterocycles. The highest BCUT2D eigenvalue weighted by Gasteiger charge is 2.28. The van der Waals surface area contributed by atoms with Crippen molar-refractivity contribution in [1.29, 1.82) is 0 Å². The molecule has 0 rings (SSSR count). The molecule has 0 spiro atoms. The Hall–Kier alpha value is -0.130. The summed E-state index contributed by atoms with van der Waals surface area (Å²) in [5.41, 5.74) is -0.272. The van der Waals surface area contributed by atoms with Gasteiger partial charge in [0.2, 0.25) is 0 Å². The highest BCUT2D eigenvalue weighted by Crippen LogP contribution is 2.19. The lowest BCUT2D eigenvalue weighted by molar-refractivity contribution is 0.315. The van der Waals surface area contributed by atoms with Gasteiger partial charge in [-0.15, -0.1) is 0 Å². The van der Waals surface area contributed by atoms with E-state index in [-0.39, 0.29) is 5.54 Å². The molecule has 2 N–H and O–H groups in total. The minimum absolute atomic E-state index is 0.272. The topological polar surface area (TPSA) is 66.4 Å². The van der Waals surface area contributed by atoms with Gasteiger partial charge in [-0.2, -0.15) is 8.42 Å². The van der Waals surface area contributed by atoms with E-state index in [1.54, 1.807) is 0 Å². The van der Waals surface area contributed by atoms with E-state index in [0.717, 1.165) is 19.3 Å². The van der Waals surface area contributed by atoms with Crippen molar-refractivity contribution < 1.29 is 13.0 Å². The molecule has 0 aliphatic rings. The fourth-order valence-corrected chi connectivity index (χ4v) is 5.01. The molecule has 0 aromatic carbocycles. The number of unbranched alkanes of at least 4 members (excludes halogenated alkanes) is 14. The van der Waals surface area contributed by atoms with Crippen molar-refractivity contribution in [2.45, 2.75) is 154 Å².